The largest absolute Gasteiger partial charge is 0.384 e. The van der Waals surface area contributed by atoms with Crippen molar-refractivity contribution in [2.45, 2.75) is 110 Å². The molecule has 2 unspecified atom stereocenters. The number of sulfonamides is 1. The van der Waals surface area contributed by atoms with Crippen molar-refractivity contribution < 1.29 is 21.9 Å². The fourth-order valence-electron chi connectivity index (χ4n) is 8.52. The highest BCUT2D eigenvalue weighted by molar-refractivity contribution is 7.86. The van der Waals surface area contributed by atoms with E-state index in [-0.39, 0.29) is 46.7 Å². The number of amides is 2. The number of aromatic nitrogens is 2. The Labute approximate surface area is 274 Å². The van der Waals surface area contributed by atoms with Crippen LogP contribution >= 0.6 is 0 Å². The first kappa shape index (κ1) is 34.0. The van der Waals surface area contributed by atoms with Gasteiger partial charge in [0.2, 0.25) is 5.03 Å². The van der Waals surface area contributed by atoms with Gasteiger partial charge in [-0.1, -0.05) is 59.1 Å². The monoisotopic (exact) mass is 651 g/mol. The minimum absolute atomic E-state index is 0.0519. The predicted molar refractivity (Wildman–Crippen MR) is 181 cm³/mol. The van der Waals surface area contributed by atoms with Crippen LogP contribution in [0.1, 0.15) is 109 Å². The van der Waals surface area contributed by atoms with Gasteiger partial charge in [-0.15, -0.1) is 3.89 Å². The number of nitrogen functional groups attached to an aromatic ring is 1. The van der Waals surface area contributed by atoms with Gasteiger partial charge in [0, 0.05) is 41.3 Å². The van der Waals surface area contributed by atoms with E-state index in [1.807, 2.05) is 26.8 Å². The summed E-state index contributed by atoms with van der Waals surface area (Å²) in [6.45, 7) is 13.1. The summed E-state index contributed by atoms with van der Waals surface area (Å²) in [6.07, 6.45) is 10.0. The lowest BCUT2D eigenvalue weighted by Crippen LogP contribution is -2.68. The summed E-state index contributed by atoms with van der Waals surface area (Å²) in [5.74, 6) is 0.0748. The van der Waals surface area contributed by atoms with E-state index in [4.69, 9.17) is 16.5 Å². The molecule has 2 aliphatic heterocycles. The van der Waals surface area contributed by atoms with Crippen LogP contribution in [-0.2, 0) is 14.8 Å². The molecule has 11 heteroatoms. The Morgan fingerprint density at radius 3 is 2.39 bits per heavy atom. The van der Waals surface area contributed by atoms with Crippen molar-refractivity contribution in [2.24, 2.45) is 23.0 Å². The van der Waals surface area contributed by atoms with Crippen LogP contribution < -0.4 is 16.4 Å². The minimum atomic E-state index is -4.44. The summed E-state index contributed by atoms with van der Waals surface area (Å²) in [4.78, 5) is 39.4. The van der Waals surface area contributed by atoms with Crippen molar-refractivity contribution in [3.05, 3.63) is 47.7 Å². The summed E-state index contributed by atoms with van der Waals surface area (Å²) in [6, 6.07) is 5.40. The van der Waals surface area contributed by atoms with Crippen molar-refractivity contribution in [1.29, 1.82) is 0 Å². The van der Waals surface area contributed by atoms with Crippen molar-refractivity contribution in [2.75, 3.05) is 23.7 Å². The molecule has 3 aliphatic rings. The fraction of sp³-hybridized carbons (Fsp3) is 0.600. The third-order valence-electron chi connectivity index (χ3n) is 10.2. The van der Waals surface area contributed by atoms with Gasteiger partial charge >= 0.3 is 15.9 Å². The zero-order valence-electron chi connectivity index (χ0n) is 28.3. The Hall–Kier alpha value is -3.31. The Kier molecular flexibility index (Phi) is 9.16. The molecule has 0 spiro atoms. The molecule has 3 atom stereocenters. The van der Waals surface area contributed by atoms with Gasteiger partial charge in [-0.25, -0.2) is 14.8 Å². The van der Waals surface area contributed by atoms with E-state index in [1.165, 1.54) is 12.1 Å². The smallest absolute Gasteiger partial charge is 0.352 e. The first-order valence-electron chi connectivity index (χ1n) is 16.7. The molecule has 2 aromatic heterocycles. The number of anilines is 2. The average molecular weight is 652 g/mol. The molecule has 2 fully saturated rings. The molecule has 46 heavy (non-hydrogen) atoms. The van der Waals surface area contributed by atoms with Crippen LogP contribution in [0.2, 0.25) is 0 Å². The van der Waals surface area contributed by atoms with Crippen LogP contribution in [0.25, 0.3) is 5.57 Å². The van der Waals surface area contributed by atoms with Gasteiger partial charge in [-0.2, -0.15) is 8.42 Å². The lowest BCUT2D eigenvalue weighted by atomic mass is 9.75. The molecule has 250 valence electrons. The third-order valence-corrected chi connectivity index (χ3v) is 12.4. The average Bonchev–Trinajstić information content (AvgIpc) is 3.27. The number of pyridine rings is 2. The third kappa shape index (κ3) is 5.96. The number of rotatable bonds is 7. The predicted octanol–water partition coefficient (Wildman–Crippen LogP) is 5.69. The maximum absolute atomic E-state index is 15.1. The molecule has 4 N–H and O–H groups in total. The molecule has 1 saturated heterocycles. The molecule has 10 nitrogen and oxygen atoms in total. The molecule has 0 aromatic carbocycles. The van der Waals surface area contributed by atoms with Gasteiger partial charge in [0.05, 0.1) is 12.0 Å². The Morgan fingerprint density at radius 2 is 1.80 bits per heavy atom. The van der Waals surface area contributed by atoms with E-state index in [0.717, 1.165) is 38.5 Å². The quantitative estimate of drug-likeness (QED) is 0.363. The maximum Gasteiger partial charge on any atom is 0.352 e. The Bertz CT molecular complexity index is 1640. The minimum Gasteiger partial charge on any atom is -0.384 e. The highest BCUT2D eigenvalue weighted by Crippen LogP contribution is 2.49. The molecule has 2 aromatic rings. The molecule has 2 amide bonds. The summed E-state index contributed by atoms with van der Waals surface area (Å²) >= 11 is 0. The molecule has 0 radical (unpaired) electrons. The number of primary amides is 1. The summed E-state index contributed by atoms with van der Waals surface area (Å²) in [7, 11) is -4.44. The second-order valence-corrected chi connectivity index (χ2v) is 17.4. The first-order chi connectivity index (χ1) is 21.5. The van der Waals surface area contributed by atoms with Crippen molar-refractivity contribution in [1.82, 2.24) is 9.97 Å². The van der Waals surface area contributed by atoms with Gasteiger partial charge < -0.3 is 16.4 Å². The van der Waals surface area contributed by atoms with Crippen molar-refractivity contribution >= 4 is 39.0 Å². The van der Waals surface area contributed by atoms with Crippen LogP contribution in [0.4, 0.5) is 11.6 Å². The molecule has 5 rings (SSSR count). The van der Waals surface area contributed by atoms with E-state index in [0.29, 0.717) is 35.8 Å². The summed E-state index contributed by atoms with van der Waals surface area (Å²) in [5.41, 5.74) is 12.6. The van der Waals surface area contributed by atoms with E-state index in [1.54, 1.807) is 18.3 Å². The number of nitrogens with two attached hydrogens (primary N) is 2. The summed E-state index contributed by atoms with van der Waals surface area (Å²) in [5, 5.41) is -0.224. The van der Waals surface area contributed by atoms with Crippen LogP contribution in [-0.4, -0.2) is 58.8 Å². The van der Waals surface area contributed by atoms with Gasteiger partial charge in [-0.3, -0.25) is 4.79 Å². The van der Waals surface area contributed by atoms with Crippen molar-refractivity contribution in [3.8, 4) is 0 Å². The molecule has 1 saturated carbocycles. The maximum atomic E-state index is 15.1. The molecule has 0 bridgehead atoms. The molecular formula is C35H51N6O4S+. The van der Waals surface area contributed by atoms with Crippen molar-refractivity contribution in [3.63, 3.8) is 0 Å². The number of carbonyl (C=O) groups excluding carboxylic acids is 2. The Balaban J connectivity index is 1.75. The lowest BCUT2D eigenvalue weighted by molar-refractivity contribution is -0.758. The zero-order valence-corrected chi connectivity index (χ0v) is 29.1. The Morgan fingerprint density at radius 1 is 1.11 bits per heavy atom. The molecular weight excluding hydrogens is 600 g/mol. The SMILES string of the molecule is C[C@@H]1CN(c2nccc(C3=CCC[N+](C(=O)CC4CCCCC4)(S(=O)(=O)c4cccc(N)n4)C3C(C)(C)C)c2C(N)=O)C(C)(C)C1. The van der Waals surface area contributed by atoms with Crippen LogP contribution in [0.3, 0.4) is 0 Å². The van der Waals surface area contributed by atoms with Crippen LogP contribution in [0.15, 0.2) is 41.6 Å². The van der Waals surface area contributed by atoms with E-state index in [9.17, 15) is 9.59 Å². The number of hydrogen-bond donors (Lipinski definition) is 2. The van der Waals surface area contributed by atoms with E-state index >= 15 is 8.42 Å². The van der Waals surface area contributed by atoms with E-state index in [2.05, 4.69) is 30.7 Å². The van der Waals surface area contributed by atoms with E-state index < -0.39 is 31.3 Å². The second kappa shape index (κ2) is 12.4. The number of hydrogen-bond acceptors (Lipinski definition) is 8. The zero-order chi connectivity index (χ0) is 33.7. The number of nitrogens with zero attached hydrogens (tertiary/aromatic N) is 4. The van der Waals surface area contributed by atoms with Gasteiger partial charge in [0.25, 0.3) is 5.91 Å². The fourth-order valence-corrected chi connectivity index (χ4v) is 10.7. The van der Waals surface area contributed by atoms with Crippen LogP contribution in [0.5, 0.6) is 0 Å². The topological polar surface area (TPSA) is 149 Å². The van der Waals surface area contributed by atoms with Gasteiger partial charge in [0.1, 0.15) is 24.2 Å². The second-order valence-electron chi connectivity index (χ2n) is 15.4. The summed E-state index contributed by atoms with van der Waals surface area (Å²) < 4.78 is 29.4. The number of carbonyl (C=O) groups is 2. The number of quaternary nitrogens is 1. The standard InChI is InChI=1S/C35H50N6O4S/c1-23-21-35(5,6)40(22-23)33-30(32(37)43)25(17-18-38-33)26-14-11-19-41(31(26)34(2,3)4,29(42)20-24-12-8-7-9-13-24)46(44,45)28-16-10-15-27(36)39-28/h10,14-18,23-24,31H,7-9,11-13,19-22H2,1-6H3,(H3-,36,37,39,43)/p+1/t23-,31?,41?/m0/s1. The molecule has 1 aliphatic carbocycles. The highest BCUT2D eigenvalue weighted by atomic mass is 32.2. The lowest BCUT2D eigenvalue weighted by Gasteiger charge is -2.49. The first-order valence-corrected chi connectivity index (χ1v) is 18.1. The van der Waals surface area contributed by atoms with Crippen LogP contribution in [0, 0.1) is 17.3 Å². The molecule has 4 heterocycles. The normalized spacial score (nSPS) is 25.7. The van der Waals surface area contributed by atoms with Gasteiger partial charge in [0.15, 0.2) is 0 Å². The van der Waals surface area contributed by atoms with Gasteiger partial charge in [-0.05, 0) is 63.1 Å². The highest BCUT2D eigenvalue weighted by Gasteiger charge is 2.62.